The smallest absolute Gasteiger partial charge is 0.166 e. The van der Waals surface area contributed by atoms with Crippen molar-refractivity contribution in [1.29, 1.82) is 0 Å². The molecule has 132 valence electrons. The average Bonchev–Trinajstić information content (AvgIpc) is 2.65. The van der Waals surface area contributed by atoms with Gasteiger partial charge in [0, 0.05) is 11.9 Å². The molecule has 0 bridgehead atoms. The number of aromatic hydroxyl groups is 1. The first kappa shape index (κ1) is 17.4. The van der Waals surface area contributed by atoms with Crippen LogP contribution in [0.15, 0.2) is 36.4 Å². The fourth-order valence-electron chi connectivity index (χ4n) is 3.23. The number of methoxy groups -OCH3 is 2. The third kappa shape index (κ3) is 3.22. The van der Waals surface area contributed by atoms with Gasteiger partial charge >= 0.3 is 0 Å². The predicted molar refractivity (Wildman–Crippen MR) is 103 cm³/mol. The lowest BCUT2D eigenvalue weighted by Gasteiger charge is -2.17. The highest BCUT2D eigenvalue weighted by molar-refractivity contribution is 6.12. The largest absolute Gasteiger partial charge is 0.504 e. The number of fused-ring (bicyclic) bond motifs is 3. The van der Waals surface area contributed by atoms with Gasteiger partial charge in [0.15, 0.2) is 11.5 Å². The van der Waals surface area contributed by atoms with Gasteiger partial charge in [-0.3, -0.25) is 0 Å². The van der Waals surface area contributed by atoms with E-state index in [1.54, 1.807) is 20.3 Å². The van der Waals surface area contributed by atoms with Crippen LogP contribution in [0.3, 0.4) is 0 Å². The Labute approximate surface area is 148 Å². The number of likely N-dealkylation sites (N-methyl/N-ethyl adjacent to an activating group) is 1. The van der Waals surface area contributed by atoms with Gasteiger partial charge in [0.1, 0.15) is 5.75 Å². The molecule has 1 N–H and O–H groups in total. The third-order valence-corrected chi connectivity index (χ3v) is 4.87. The van der Waals surface area contributed by atoms with Gasteiger partial charge in [-0.05, 0) is 59.9 Å². The second-order valence-corrected chi connectivity index (χ2v) is 6.31. The van der Waals surface area contributed by atoms with Gasteiger partial charge in [-0.15, -0.1) is 0 Å². The van der Waals surface area contributed by atoms with Gasteiger partial charge < -0.3 is 19.5 Å². The summed E-state index contributed by atoms with van der Waals surface area (Å²) in [5.74, 6) is 1.46. The zero-order chi connectivity index (χ0) is 18.0. The van der Waals surface area contributed by atoms with Crippen LogP contribution in [0, 0.1) is 0 Å². The first-order valence-electron chi connectivity index (χ1n) is 8.56. The third-order valence-electron chi connectivity index (χ3n) is 4.87. The fraction of sp³-hybridized carbons (Fsp3) is 0.333. The molecule has 0 aromatic heterocycles. The normalized spacial score (nSPS) is 11.4. The van der Waals surface area contributed by atoms with Crippen molar-refractivity contribution in [2.45, 2.75) is 13.3 Å². The summed E-state index contributed by atoms with van der Waals surface area (Å²) in [5.41, 5.74) is 1.22. The van der Waals surface area contributed by atoms with E-state index in [0.29, 0.717) is 5.75 Å². The number of ether oxygens (including phenoxy) is 2. The molecule has 0 aliphatic rings. The van der Waals surface area contributed by atoms with E-state index in [1.807, 2.05) is 12.1 Å². The predicted octanol–water partition coefficient (Wildman–Crippen LogP) is 4.21. The lowest BCUT2D eigenvalue weighted by Crippen LogP contribution is -2.20. The van der Waals surface area contributed by atoms with Crippen LogP contribution in [-0.4, -0.2) is 44.4 Å². The van der Waals surface area contributed by atoms with E-state index in [9.17, 15) is 5.11 Å². The minimum absolute atomic E-state index is 0.176. The van der Waals surface area contributed by atoms with E-state index in [0.717, 1.165) is 46.8 Å². The standard InChI is InChI=1S/C21H25NO3/c1-5-22(2)11-10-15-12-16(24-3)13-18-17(15)8-6-14-7-9-19(25-4)21(23)20(14)18/h6-9,12-13,23H,5,10-11H2,1-4H3. The molecule has 3 aromatic carbocycles. The monoisotopic (exact) mass is 339 g/mol. The Kier molecular flexibility index (Phi) is 5.00. The Bertz CT molecular complexity index is 905. The number of phenolic OH excluding ortho intramolecular Hbond substituents is 1. The second kappa shape index (κ2) is 7.19. The molecule has 0 aliphatic carbocycles. The van der Waals surface area contributed by atoms with E-state index in [1.165, 1.54) is 5.56 Å². The quantitative estimate of drug-likeness (QED) is 0.683. The maximum Gasteiger partial charge on any atom is 0.166 e. The van der Waals surface area contributed by atoms with Crippen molar-refractivity contribution in [1.82, 2.24) is 4.90 Å². The molecule has 0 saturated heterocycles. The lowest BCUT2D eigenvalue weighted by atomic mass is 9.95. The molecule has 3 rings (SSSR count). The van der Waals surface area contributed by atoms with Crippen LogP contribution in [0.1, 0.15) is 12.5 Å². The van der Waals surface area contributed by atoms with Crippen molar-refractivity contribution in [3.63, 3.8) is 0 Å². The van der Waals surface area contributed by atoms with Crippen LogP contribution in [0.4, 0.5) is 0 Å². The molecule has 0 spiro atoms. The molecular formula is C21H25NO3. The van der Waals surface area contributed by atoms with Crippen molar-refractivity contribution in [3.8, 4) is 17.2 Å². The average molecular weight is 339 g/mol. The van der Waals surface area contributed by atoms with E-state index in [4.69, 9.17) is 9.47 Å². The zero-order valence-electron chi connectivity index (χ0n) is 15.3. The molecule has 0 aliphatic heterocycles. The van der Waals surface area contributed by atoms with Crippen LogP contribution in [0.25, 0.3) is 21.5 Å². The number of rotatable bonds is 6. The Hall–Kier alpha value is -2.46. The molecule has 0 amide bonds. The van der Waals surface area contributed by atoms with Gasteiger partial charge in [0.25, 0.3) is 0 Å². The summed E-state index contributed by atoms with van der Waals surface area (Å²) in [7, 11) is 5.36. The van der Waals surface area contributed by atoms with E-state index < -0.39 is 0 Å². The van der Waals surface area contributed by atoms with Crippen LogP contribution < -0.4 is 9.47 Å². The second-order valence-electron chi connectivity index (χ2n) is 6.31. The van der Waals surface area contributed by atoms with E-state index in [-0.39, 0.29) is 5.75 Å². The Balaban J connectivity index is 2.26. The minimum atomic E-state index is 0.176. The number of nitrogens with zero attached hydrogens (tertiary/aromatic N) is 1. The maximum absolute atomic E-state index is 10.7. The first-order valence-corrected chi connectivity index (χ1v) is 8.56. The van der Waals surface area contributed by atoms with Crippen molar-refractivity contribution in [2.75, 3.05) is 34.4 Å². The summed E-state index contributed by atoms with van der Waals surface area (Å²) in [6.07, 6.45) is 0.925. The summed E-state index contributed by atoms with van der Waals surface area (Å²) in [6.45, 7) is 4.14. The van der Waals surface area contributed by atoms with E-state index in [2.05, 4.69) is 37.1 Å². The Morgan fingerprint density at radius 3 is 2.44 bits per heavy atom. The number of benzene rings is 3. The van der Waals surface area contributed by atoms with Crippen molar-refractivity contribution >= 4 is 21.5 Å². The SMILES string of the molecule is CCN(C)CCc1cc(OC)cc2c1ccc1ccc(OC)c(O)c12. The summed E-state index contributed by atoms with van der Waals surface area (Å²) in [6, 6.07) is 12.0. The molecule has 4 nitrogen and oxygen atoms in total. The molecule has 3 aromatic rings. The van der Waals surface area contributed by atoms with Gasteiger partial charge in [0.05, 0.1) is 14.2 Å². The van der Waals surface area contributed by atoms with Gasteiger partial charge in [-0.1, -0.05) is 25.1 Å². The molecular weight excluding hydrogens is 314 g/mol. The topological polar surface area (TPSA) is 41.9 Å². The van der Waals surface area contributed by atoms with Crippen LogP contribution in [-0.2, 0) is 6.42 Å². The van der Waals surface area contributed by atoms with E-state index >= 15 is 0 Å². The Morgan fingerprint density at radius 2 is 1.76 bits per heavy atom. The molecule has 0 radical (unpaired) electrons. The molecule has 0 heterocycles. The molecule has 0 fully saturated rings. The number of hydrogen-bond donors (Lipinski definition) is 1. The summed E-state index contributed by atoms with van der Waals surface area (Å²) in [4.78, 5) is 2.28. The lowest BCUT2D eigenvalue weighted by molar-refractivity contribution is 0.357. The molecule has 25 heavy (non-hydrogen) atoms. The maximum atomic E-state index is 10.7. The number of phenols is 1. The molecule has 0 saturated carbocycles. The number of hydrogen-bond acceptors (Lipinski definition) is 4. The highest BCUT2D eigenvalue weighted by atomic mass is 16.5. The summed E-state index contributed by atoms with van der Waals surface area (Å²) < 4.78 is 10.8. The van der Waals surface area contributed by atoms with Gasteiger partial charge in [-0.25, -0.2) is 0 Å². The highest BCUT2D eigenvalue weighted by Gasteiger charge is 2.14. The van der Waals surface area contributed by atoms with Crippen LogP contribution in [0.2, 0.25) is 0 Å². The van der Waals surface area contributed by atoms with Crippen molar-refractivity contribution in [2.24, 2.45) is 0 Å². The Morgan fingerprint density at radius 1 is 1.00 bits per heavy atom. The van der Waals surface area contributed by atoms with Gasteiger partial charge in [0.2, 0.25) is 0 Å². The minimum Gasteiger partial charge on any atom is -0.504 e. The molecule has 0 atom stereocenters. The molecule has 4 heteroatoms. The summed E-state index contributed by atoms with van der Waals surface area (Å²) >= 11 is 0. The fourth-order valence-corrected chi connectivity index (χ4v) is 3.23. The van der Waals surface area contributed by atoms with Crippen molar-refractivity contribution < 1.29 is 14.6 Å². The first-order chi connectivity index (χ1) is 12.1. The zero-order valence-corrected chi connectivity index (χ0v) is 15.3. The van der Waals surface area contributed by atoms with Crippen LogP contribution in [0.5, 0.6) is 17.2 Å². The highest BCUT2D eigenvalue weighted by Crippen LogP contribution is 2.40. The summed E-state index contributed by atoms with van der Waals surface area (Å²) in [5, 5.41) is 14.6. The van der Waals surface area contributed by atoms with Crippen LogP contribution >= 0.6 is 0 Å². The van der Waals surface area contributed by atoms with Crippen molar-refractivity contribution in [3.05, 3.63) is 42.0 Å². The van der Waals surface area contributed by atoms with Gasteiger partial charge in [-0.2, -0.15) is 0 Å². The molecule has 0 unspecified atom stereocenters.